The molecule has 0 saturated heterocycles. The zero-order valence-electron chi connectivity index (χ0n) is 31.5. The minimum absolute atomic E-state index is 0.932. The smallest absolute Gasteiger partial charge is 0.0963 e. The molecule has 10 rings (SSSR count). The molecule has 4 nitrogen and oxygen atoms in total. The number of hydrogen-bond donors (Lipinski definition) is 0. The van der Waals surface area contributed by atoms with Crippen LogP contribution in [-0.4, -0.2) is 19.1 Å². The first-order valence-corrected chi connectivity index (χ1v) is 19.3. The van der Waals surface area contributed by atoms with E-state index in [1.54, 1.807) is 0 Å². The summed E-state index contributed by atoms with van der Waals surface area (Å²) in [6.45, 7) is 6.35. The normalized spacial score (nSPS) is 11.6. The van der Waals surface area contributed by atoms with Crippen LogP contribution < -0.4 is 0 Å². The highest BCUT2D eigenvalue weighted by Crippen LogP contribution is 2.41. The van der Waals surface area contributed by atoms with Crippen LogP contribution >= 0.6 is 0 Å². The van der Waals surface area contributed by atoms with Crippen molar-refractivity contribution >= 4 is 45.0 Å². The monoisotopic (exact) mass is 730 g/mol. The van der Waals surface area contributed by atoms with Crippen LogP contribution in [0, 0.1) is 0 Å². The molecule has 57 heavy (non-hydrogen) atoms. The molecule has 0 N–H and O–H groups in total. The Kier molecular flexibility index (Phi) is 8.50. The molecule has 0 spiro atoms. The van der Waals surface area contributed by atoms with Gasteiger partial charge in [0.2, 0.25) is 0 Å². The number of fused-ring (bicyclic) bond motifs is 4. The van der Waals surface area contributed by atoms with Crippen molar-refractivity contribution in [3.8, 4) is 56.1 Å². The summed E-state index contributed by atoms with van der Waals surface area (Å²) in [6.07, 6.45) is 8.15. The van der Waals surface area contributed by atoms with Crippen LogP contribution in [0.3, 0.4) is 0 Å². The van der Waals surface area contributed by atoms with E-state index in [-0.39, 0.29) is 0 Å². The molecule has 0 radical (unpaired) electrons. The second-order valence-corrected chi connectivity index (χ2v) is 14.2. The molecular weight excluding hydrogens is 693 g/mol. The van der Waals surface area contributed by atoms with E-state index in [0.717, 1.165) is 94.9 Å². The topological polar surface area (TPSA) is 35.6 Å². The summed E-state index contributed by atoms with van der Waals surface area (Å²) in [5.74, 6) is 0. The Morgan fingerprint density at radius 1 is 0.509 bits per heavy atom. The Morgan fingerprint density at radius 3 is 1.84 bits per heavy atom. The third-order valence-electron chi connectivity index (χ3n) is 10.9. The summed E-state index contributed by atoms with van der Waals surface area (Å²) < 4.78 is 4.65. The second-order valence-electron chi connectivity index (χ2n) is 14.2. The lowest BCUT2D eigenvalue weighted by Crippen LogP contribution is -1.96. The molecule has 4 heterocycles. The van der Waals surface area contributed by atoms with E-state index in [2.05, 4.69) is 199 Å². The van der Waals surface area contributed by atoms with E-state index in [4.69, 9.17) is 9.97 Å². The van der Waals surface area contributed by atoms with Gasteiger partial charge < -0.3 is 9.13 Å². The molecule has 6 aromatic carbocycles. The average molecular weight is 731 g/mol. The van der Waals surface area contributed by atoms with Gasteiger partial charge in [-0.15, -0.1) is 0 Å². The predicted molar refractivity (Wildman–Crippen MR) is 240 cm³/mol. The van der Waals surface area contributed by atoms with Crippen molar-refractivity contribution in [1.29, 1.82) is 0 Å². The van der Waals surface area contributed by atoms with Crippen molar-refractivity contribution in [2.45, 2.75) is 6.92 Å². The molecule has 4 heteroatoms. The molecular formula is C53H38N4. The molecule has 0 aliphatic heterocycles. The Bertz CT molecular complexity index is 3060. The summed E-state index contributed by atoms with van der Waals surface area (Å²) >= 11 is 0. The maximum absolute atomic E-state index is 5.17. The van der Waals surface area contributed by atoms with Gasteiger partial charge in [0.15, 0.2) is 0 Å². The van der Waals surface area contributed by atoms with Crippen molar-refractivity contribution in [2.24, 2.45) is 0 Å². The van der Waals surface area contributed by atoms with Crippen LogP contribution in [-0.2, 0) is 0 Å². The minimum atomic E-state index is 0.932. The van der Waals surface area contributed by atoms with E-state index >= 15 is 0 Å². The van der Waals surface area contributed by atoms with Crippen molar-refractivity contribution in [3.63, 3.8) is 0 Å². The van der Waals surface area contributed by atoms with E-state index in [0.29, 0.717) is 0 Å². The van der Waals surface area contributed by atoms with Crippen molar-refractivity contribution in [1.82, 2.24) is 19.1 Å². The number of hydrogen-bond acceptors (Lipinski definition) is 2. The molecule has 10 aromatic rings. The van der Waals surface area contributed by atoms with Gasteiger partial charge in [0.1, 0.15) is 0 Å². The molecule has 0 aliphatic carbocycles. The van der Waals surface area contributed by atoms with E-state index < -0.39 is 0 Å². The highest BCUT2D eigenvalue weighted by molar-refractivity contribution is 6.11. The van der Waals surface area contributed by atoms with Gasteiger partial charge in [0.25, 0.3) is 0 Å². The first-order chi connectivity index (χ1) is 28.2. The van der Waals surface area contributed by atoms with E-state index in [1.807, 2.05) is 24.4 Å². The van der Waals surface area contributed by atoms with E-state index in [1.165, 1.54) is 5.39 Å². The zero-order chi connectivity index (χ0) is 38.3. The molecule has 270 valence electrons. The van der Waals surface area contributed by atoms with Crippen LogP contribution in [0.2, 0.25) is 0 Å². The van der Waals surface area contributed by atoms with Gasteiger partial charge in [-0.1, -0.05) is 128 Å². The first kappa shape index (κ1) is 34.0. The van der Waals surface area contributed by atoms with Crippen LogP contribution in [0.1, 0.15) is 18.2 Å². The Balaban J connectivity index is 1.10. The zero-order valence-corrected chi connectivity index (χ0v) is 31.5. The molecule has 0 bridgehead atoms. The van der Waals surface area contributed by atoms with Gasteiger partial charge in [-0.05, 0) is 102 Å². The number of rotatable bonds is 8. The summed E-state index contributed by atoms with van der Waals surface area (Å²) in [6, 6.07) is 62.1. The van der Waals surface area contributed by atoms with Gasteiger partial charge in [-0.2, -0.15) is 0 Å². The molecule has 0 saturated carbocycles. The number of nitrogens with zero attached hydrogens (tertiary/aromatic N) is 4. The highest BCUT2D eigenvalue weighted by atomic mass is 15.0. The van der Waals surface area contributed by atoms with Crippen LogP contribution in [0.5, 0.6) is 0 Å². The summed E-state index contributed by atoms with van der Waals surface area (Å²) in [4.78, 5) is 10.1. The largest absolute Gasteiger partial charge is 0.309 e. The number of para-hydroxylation sites is 1. The first-order valence-electron chi connectivity index (χ1n) is 19.3. The molecule has 0 unspecified atom stereocenters. The Hall–Kier alpha value is -7.56. The SMILES string of the molecule is C=Cc1c(/C=C\C)n(-c2ccccc2)c2cccc(-c3ccc4c(c3)c3ncccc3n4-c3ccc(-c4cc(-c5ccccc5)cc(-c5ccccc5)n4)cc3)c12. The van der Waals surface area contributed by atoms with Crippen molar-refractivity contribution in [2.75, 3.05) is 0 Å². The average Bonchev–Trinajstić information content (AvgIpc) is 3.79. The van der Waals surface area contributed by atoms with Gasteiger partial charge in [0, 0.05) is 45.0 Å². The summed E-state index contributed by atoms with van der Waals surface area (Å²) in [5.41, 5.74) is 17.3. The minimum Gasteiger partial charge on any atom is -0.309 e. The molecule has 0 fully saturated rings. The van der Waals surface area contributed by atoms with Gasteiger partial charge in [-0.25, -0.2) is 4.98 Å². The molecule has 0 amide bonds. The standard InChI is InChI=1S/C53H38N4/c1-3-16-48-43(4-2)52-44(23-14-24-50(52)56(48)41-21-12-7-13-22-41)39-28-31-49-45(33-39)53-51(25-15-32-54-53)57(49)42-29-26-38(27-30-42)47-35-40(36-17-8-5-9-18-36)34-46(55-47)37-19-10-6-11-20-37/h3-35H,2H2,1H3/b16-3-. The fraction of sp³-hybridized carbons (Fsp3) is 0.0189. The summed E-state index contributed by atoms with van der Waals surface area (Å²) in [5, 5.41) is 2.28. The number of aromatic nitrogens is 4. The van der Waals surface area contributed by atoms with Crippen molar-refractivity contribution in [3.05, 3.63) is 206 Å². The third-order valence-corrected chi connectivity index (χ3v) is 10.9. The Morgan fingerprint density at radius 2 is 1.14 bits per heavy atom. The van der Waals surface area contributed by atoms with E-state index in [9.17, 15) is 0 Å². The number of pyridine rings is 2. The lowest BCUT2D eigenvalue weighted by atomic mass is 9.97. The van der Waals surface area contributed by atoms with Crippen LogP contribution in [0.25, 0.3) is 101 Å². The number of benzene rings is 6. The Labute approximate surface area is 332 Å². The lowest BCUT2D eigenvalue weighted by molar-refractivity contribution is 1.10. The van der Waals surface area contributed by atoms with Gasteiger partial charge in [-0.3, -0.25) is 4.98 Å². The fourth-order valence-corrected chi connectivity index (χ4v) is 8.31. The maximum atomic E-state index is 5.17. The fourth-order valence-electron chi connectivity index (χ4n) is 8.31. The quantitative estimate of drug-likeness (QED) is 0.156. The lowest BCUT2D eigenvalue weighted by Gasteiger charge is -2.12. The van der Waals surface area contributed by atoms with Crippen molar-refractivity contribution < 1.29 is 0 Å². The van der Waals surface area contributed by atoms with Crippen LogP contribution in [0.4, 0.5) is 0 Å². The summed E-state index contributed by atoms with van der Waals surface area (Å²) in [7, 11) is 0. The van der Waals surface area contributed by atoms with Crippen LogP contribution in [0.15, 0.2) is 195 Å². The highest BCUT2D eigenvalue weighted by Gasteiger charge is 2.20. The van der Waals surface area contributed by atoms with Gasteiger partial charge >= 0.3 is 0 Å². The van der Waals surface area contributed by atoms with Gasteiger partial charge in [0.05, 0.1) is 39.1 Å². The molecule has 0 atom stereocenters. The second kappa shape index (κ2) is 14.3. The predicted octanol–water partition coefficient (Wildman–Crippen LogP) is 13.9. The molecule has 0 aliphatic rings. The molecule has 4 aromatic heterocycles. The third kappa shape index (κ3) is 5.87. The maximum Gasteiger partial charge on any atom is 0.0963 e. The number of allylic oxidation sites excluding steroid dienone is 1.